The maximum absolute atomic E-state index is 6.12. The second-order valence-corrected chi connectivity index (χ2v) is 5.85. The zero-order chi connectivity index (χ0) is 12.4. The number of aryl methyl sites for hydroxylation is 2. The zero-order valence-electron chi connectivity index (χ0n) is 10.7. The summed E-state index contributed by atoms with van der Waals surface area (Å²) >= 11 is 3.64. The van der Waals surface area contributed by atoms with E-state index in [4.69, 9.17) is 5.73 Å². The molecule has 0 aromatic carbocycles. The van der Waals surface area contributed by atoms with Gasteiger partial charge in [-0.15, -0.1) is 0 Å². The first kappa shape index (κ1) is 13.1. The topological polar surface area (TPSA) is 43.8 Å². The van der Waals surface area contributed by atoms with Gasteiger partial charge in [0.15, 0.2) is 0 Å². The molecule has 1 aromatic rings. The summed E-state index contributed by atoms with van der Waals surface area (Å²) in [6, 6.07) is 0.424. The van der Waals surface area contributed by atoms with Crippen LogP contribution in [-0.4, -0.2) is 15.8 Å². The molecule has 96 valence electrons. The highest BCUT2D eigenvalue weighted by Crippen LogP contribution is 2.33. The Kier molecular flexibility index (Phi) is 4.26. The SMILES string of the molecule is CCn1nc(C)c(Br)c1CCCC(N)C1CC1. The van der Waals surface area contributed by atoms with Crippen molar-refractivity contribution in [2.24, 2.45) is 11.7 Å². The molecule has 1 aliphatic rings. The second-order valence-electron chi connectivity index (χ2n) is 5.06. The fourth-order valence-corrected chi connectivity index (χ4v) is 2.86. The molecule has 1 fully saturated rings. The molecule has 0 amide bonds. The summed E-state index contributed by atoms with van der Waals surface area (Å²) < 4.78 is 3.28. The second kappa shape index (κ2) is 5.53. The number of halogens is 1. The molecule has 2 rings (SSSR count). The smallest absolute Gasteiger partial charge is 0.0738 e. The molecule has 4 heteroatoms. The van der Waals surface area contributed by atoms with Crippen molar-refractivity contribution in [3.05, 3.63) is 15.9 Å². The lowest BCUT2D eigenvalue weighted by molar-refractivity contribution is 0.516. The summed E-state index contributed by atoms with van der Waals surface area (Å²) in [5, 5.41) is 4.51. The lowest BCUT2D eigenvalue weighted by atomic mass is 10.1. The van der Waals surface area contributed by atoms with E-state index in [0.29, 0.717) is 6.04 Å². The standard InChI is InChI=1S/C13H22BrN3/c1-3-17-12(13(14)9(2)16-17)6-4-5-11(15)10-7-8-10/h10-11H,3-8,15H2,1-2H3. The van der Waals surface area contributed by atoms with Crippen LogP contribution >= 0.6 is 15.9 Å². The summed E-state index contributed by atoms with van der Waals surface area (Å²) in [6.45, 7) is 5.13. The minimum Gasteiger partial charge on any atom is -0.327 e. The van der Waals surface area contributed by atoms with Gasteiger partial charge < -0.3 is 5.73 Å². The van der Waals surface area contributed by atoms with Gasteiger partial charge >= 0.3 is 0 Å². The first-order valence-corrected chi connectivity index (χ1v) is 7.40. The first-order valence-electron chi connectivity index (χ1n) is 6.60. The number of aromatic nitrogens is 2. The van der Waals surface area contributed by atoms with Gasteiger partial charge in [-0.05, 0) is 67.8 Å². The van der Waals surface area contributed by atoms with Crippen molar-refractivity contribution in [1.82, 2.24) is 9.78 Å². The Morgan fingerprint density at radius 2 is 2.24 bits per heavy atom. The largest absolute Gasteiger partial charge is 0.327 e. The molecule has 0 saturated heterocycles. The summed E-state index contributed by atoms with van der Waals surface area (Å²) in [6.07, 6.45) is 6.08. The molecule has 2 N–H and O–H groups in total. The number of nitrogens with two attached hydrogens (primary N) is 1. The van der Waals surface area contributed by atoms with E-state index in [0.717, 1.165) is 31.0 Å². The van der Waals surface area contributed by atoms with Crippen molar-refractivity contribution in [3.8, 4) is 0 Å². The molecule has 17 heavy (non-hydrogen) atoms. The van der Waals surface area contributed by atoms with Crippen LogP contribution in [0.1, 0.15) is 44.0 Å². The van der Waals surface area contributed by atoms with Gasteiger partial charge in [0.2, 0.25) is 0 Å². The minimum absolute atomic E-state index is 0.424. The quantitative estimate of drug-likeness (QED) is 0.877. The first-order chi connectivity index (χ1) is 8.13. The molecule has 1 unspecified atom stereocenters. The van der Waals surface area contributed by atoms with Crippen LogP contribution < -0.4 is 5.73 Å². The molecule has 1 atom stereocenters. The van der Waals surface area contributed by atoms with Crippen LogP contribution in [0, 0.1) is 12.8 Å². The summed E-state index contributed by atoms with van der Waals surface area (Å²) in [5.74, 6) is 0.816. The molecule has 0 radical (unpaired) electrons. The van der Waals surface area contributed by atoms with Gasteiger partial charge in [-0.2, -0.15) is 5.10 Å². The minimum atomic E-state index is 0.424. The van der Waals surface area contributed by atoms with E-state index >= 15 is 0 Å². The number of hydrogen-bond donors (Lipinski definition) is 1. The van der Waals surface area contributed by atoms with E-state index in [1.54, 1.807) is 0 Å². The highest BCUT2D eigenvalue weighted by atomic mass is 79.9. The van der Waals surface area contributed by atoms with Crippen LogP contribution in [0.4, 0.5) is 0 Å². The molecule has 1 aromatic heterocycles. The van der Waals surface area contributed by atoms with Crippen LogP contribution in [0.25, 0.3) is 0 Å². The Morgan fingerprint density at radius 1 is 1.53 bits per heavy atom. The third kappa shape index (κ3) is 3.10. The molecule has 1 heterocycles. The monoisotopic (exact) mass is 299 g/mol. The lowest BCUT2D eigenvalue weighted by Crippen LogP contribution is -2.22. The van der Waals surface area contributed by atoms with E-state index in [1.165, 1.54) is 29.4 Å². The van der Waals surface area contributed by atoms with Crippen LogP contribution in [0.5, 0.6) is 0 Å². The van der Waals surface area contributed by atoms with Gasteiger partial charge in [0, 0.05) is 12.6 Å². The van der Waals surface area contributed by atoms with E-state index in [-0.39, 0.29) is 0 Å². The van der Waals surface area contributed by atoms with E-state index in [1.807, 2.05) is 0 Å². The Morgan fingerprint density at radius 3 is 2.82 bits per heavy atom. The van der Waals surface area contributed by atoms with Crippen LogP contribution in [-0.2, 0) is 13.0 Å². The third-order valence-corrected chi connectivity index (χ3v) is 4.66. The average Bonchev–Trinajstić information content (AvgIpc) is 3.11. The van der Waals surface area contributed by atoms with Gasteiger partial charge in [0.25, 0.3) is 0 Å². The Hall–Kier alpha value is -0.350. The summed E-state index contributed by atoms with van der Waals surface area (Å²) in [7, 11) is 0. The van der Waals surface area contributed by atoms with Gasteiger partial charge in [0.05, 0.1) is 15.9 Å². The van der Waals surface area contributed by atoms with Crippen molar-refractivity contribution in [2.45, 2.75) is 58.5 Å². The van der Waals surface area contributed by atoms with Crippen molar-refractivity contribution in [3.63, 3.8) is 0 Å². The number of nitrogens with zero attached hydrogens (tertiary/aromatic N) is 2. The molecular formula is C13H22BrN3. The van der Waals surface area contributed by atoms with Gasteiger partial charge in [-0.3, -0.25) is 4.68 Å². The Labute approximate surface area is 112 Å². The summed E-state index contributed by atoms with van der Waals surface area (Å²) in [4.78, 5) is 0. The average molecular weight is 300 g/mol. The fourth-order valence-electron chi connectivity index (χ4n) is 2.37. The molecule has 0 aliphatic heterocycles. The molecule has 1 aliphatic carbocycles. The van der Waals surface area contributed by atoms with Crippen molar-refractivity contribution in [2.75, 3.05) is 0 Å². The van der Waals surface area contributed by atoms with Crippen molar-refractivity contribution < 1.29 is 0 Å². The molecule has 3 nitrogen and oxygen atoms in total. The van der Waals surface area contributed by atoms with Gasteiger partial charge in [-0.25, -0.2) is 0 Å². The predicted octanol–water partition coefficient (Wildman–Crippen LogP) is 3.03. The zero-order valence-corrected chi connectivity index (χ0v) is 12.3. The van der Waals surface area contributed by atoms with E-state index in [2.05, 4.69) is 39.6 Å². The van der Waals surface area contributed by atoms with Gasteiger partial charge in [0.1, 0.15) is 0 Å². The maximum atomic E-state index is 6.12. The molecule has 0 spiro atoms. The molecule has 0 bridgehead atoms. The molecular weight excluding hydrogens is 278 g/mol. The van der Waals surface area contributed by atoms with Crippen molar-refractivity contribution >= 4 is 15.9 Å². The predicted molar refractivity (Wildman–Crippen MR) is 74.0 cm³/mol. The fraction of sp³-hybridized carbons (Fsp3) is 0.769. The van der Waals surface area contributed by atoms with E-state index in [9.17, 15) is 0 Å². The number of rotatable bonds is 6. The highest BCUT2D eigenvalue weighted by Gasteiger charge is 2.27. The summed E-state index contributed by atoms with van der Waals surface area (Å²) in [5.41, 5.74) is 8.54. The van der Waals surface area contributed by atoms with Gasteiger partial charge in [-0.1, -0.05) is 0 Å². The Bertz CT molecular complexity index is 382. The van der Waals surface area contributed by atoms with Crippen LogP contribution in [0.3, 0.4) is 0 Å². The van der Waals surface area contributed by atoms with E-state index < -0.39 is 0 Å². The van der Waals surface area contributed by atoms with Crippen LogP contribution in [0.2, 0.25) is 0 Å². The third-order valence-electron chi connectivity index (χ3n) is 3.63. The highest BCUT2D eigenvalue weighted by molar-refractivity contribution is 9.10. The molecule has 1 saturated carbocycles. The van der Waals surface area contributed by atoms with Crippen molar-refractivity contribution in [1.29, 1.82) is 0 Å². The lowest BCUT2D eigenvalue weighted by Gasteiger charge is -2.10. The normalized spacial score (nSPS) is 17.4. The van der Waals surface area contributed by atoms with Crippen LogP contribution in [0.15, 0.2) is 4.47 Å². The maximum Gasteiger partial charge on any atom is 0.0738 e. The Balaban J connectivity index is 1.88. The number of hydrogen-bond acceptors (Lipinski definition) is 2.